The second-order valence-corrected chi connectivity index (χ2v) is 32.9. The van der Waals surface area contributed by atoms with Crippen LogP contribution in [0, 0.1) is 0 Å². The molecule has 0 aliphatic heterocycles. The maximum Gasteiger partial charge on any atom is 0.0774 e. The molecule has 0 radical (unpaired) electrons. The largest absolute Gasteiger partial charge is 0.248 e. The van der Waals surface area contributed by atoms with E-state index in [-0.39, 0.29) is 18.2 Å². The number of fused-ring (bicyclic) bond motifs is 2. The van der Waals surface area contributed by atoms with Crippen LogP contribution in [-0.2, 0) is 12.3 Å². The van der Waals surface area contributed by atoms with Crippen LogP contribution in [0.15, 0.2) is 84.9 Å². The van der Waals surface area contributed by atoms with E-state index < -0.39 is 24.1 Å². The van der Waals surface area contributed by atoms with Crippen molar-refractivity contribution in [2.24, 2.45) is 0 Å². The van der Waals surface area contributed by atoms with Gasteiger partial charge in [0, 0.05) is 24.9 Å². The summed E-state index contributed by atoms with van der Waals surface area (Å²) in [6.07, 6.45) is 2.11. The second-order valence-electron chi connectivity index (χ2n) is 16.9. The van der Waals surface area contributed by atoms with Gasteiger partial charge in [0.1, 0.15) is 0 Å². The summed E-state index contributed by atoms with van der Waals surface area (Å²) in [6, 6.07) is 31.5. The first-order chi connectivity index (χ1) is 21.3. The Bertz CT molecular complexity index is 1760. The van der Waals surface area contributed by atoms with E-state index in [0.717, 1.165) is 23.4 Å². The van der Waals surface area contributed by atoms with Crippen LogP contribution in [0.2, 0.25) is 39.3 Å². The van der Waals surface area contributed by atoms with Gasteiger partial charge in [-0.3, -0.25) is 0 Å². The Morgan fingerprint density at radius 2 is 0.913 bits per heavy atom. The highest BCUT2D eigenvalue weighted by Crippen LogP contribution is 2.61. The molecule has 0 saturated carbocycles. The van der Waals surface area contributed by atoms with E-state index in [1.807, 2.05) is 0 Å². The zero-order valence-electron chi connectivity index (χ0n) is 30.3. The highest BCUT2D eigenvalue weighted by atomic mass is 31.1. The monoisotopic (exact) mass is 680 g/mol. The normalized spacial score (nSPS) is 13.3. The molecule has 0 aliphatic rings. The van der Waals surface area contributed by atoms with Crippen molar-refractivity contribution in [2.45, 2.75) is 103 Å². The molecule has 0 unspecified atom stereocenters. The minimum Gasteiger partial charge on any atom is -0.248 e. The van der Waals surface area contributed by atoms with Gasteiger partial charge in [-0.15, -0.1) is 0 Å². The quantitative estimate of drug-likeness (QED) is 0.120. The molecule has 0 aliphatic carbocycles. The summed E-state index contributed by atoms with van der Waals surface area (Å²) in [4.78, 5) is 10.7. The first-order valence-electron chi connectivity index (χ1n) is 16.8. The van der Waals surface area contributed by atoms with Crippen molar-refractivity contribution < 1.29 is 0 Å². The van der Waals surface area contributed by atoms with Crippen molar-refractivity contribution in [3.63, 3.8) is 0 Å². The molecule has 0 amide bonds. The molecule has 0 saturated heterocycles. The third-order valence-corrected chi connectivity index (χ3v) is 19.4. The van der Waals surface area contributed by atoms with Crippen molar-refractivity contribution in [1.29, 1.82) is 0 Å². The van der Waals surface area contributed by atoms with Gasteiger partial charge in [0.05, 0.1) is 38.1 Å². The smallest absolute Gasteiger partial charge is 0.0774 e. The lowest BCUT2D eigenvalue weighted by atomic mass is 10.1. The lowest BCUT2D eigenvalue weighted by Crippen LogP contribution is -2.56. The topological polar surface area (TPSA) is 25.8 Å². The SMILES string of the molecule is CC(C)(C)P(Cc1cc([Si](C)(C)C)c([Si](C)(C)C)cc1CP(c1ccc2ccccc2n1)c1ccc2ccccc2n1)C(C)(C)C. The fourth-order valence-corrected chi connectivity index (χ4v) is 17.7. The summed E-state index contributed by atoms with van der Waals surface area (Å²) < 4.78 is 0. The van der Waals surface area contributed by atoms with Crippen LogP contribution in [0.5, 0.6) is 0 Å². The maximum absolute atomic E-state index is 5.33. The van der Waals surface area contributed by atoms with Crippen LogP contribution in [0.25, 0.3) is 21.8 Å². The summed E-state index contributed by atoms with van der Waals surface area (Å²) in [5.74, 6) is 0. The van der Waals surface area contributed by atoms with Crippen molar-refractivity contribution in [3.05, 3.63) is 96.1 Å². The molecular weight excluding hydrogens is 627 g/mol. The summed E-state index contributed by atoms with van der Waals surface area (Å²) in [5, 5.41) is 6.23. The molecule has 2 nitrogen and oxygen atoms in total. The van der Waals surface area contributed by atoms with Gasteiger partial charge < -0.3 is 0 Å². The van der Waals surface area contributed by atoms with E-state index in [2.05, 4.69) is 166 Å². The molecule has 2 aromatic heterocycles. The van der Waals surface area contributed by atoms with E-state index in [0.29, 0.717) is 0 Å². The molecule has 0 fully saturated rings. The van der Waals surface area contributed by atoms with Crippen molar-refractivity contribution >= 4 is 75.0 Å². The fourth-order valence-electron chi connectivity index (χ4n) is 6.74. The number of pyridine rings is 2. The van der Waals surface area contributed by atoms with E-state index in [1.165, 1.54) is 27.2 Å². The van der Waals surface area contributed by atoms with E-state index >= 15 is 0 Å². The summed E-state index contributed by atoms with van der Waals surface area (Å²) in [6.45, 7) is 30.0. The Hall–Kier alpha value is -2.23. The van der Waals surface area contributed by atoms with Gasteiger partial charge >= 0.3 is 0 Å². The van der Waals surface area contributed by atoms with Gasteiger partial charge in [-0.2, -0.15) is 0 Å². The van der Waals surface area contributed by atoms with Crippen LogP contribution < -0.4 is 21.2 Å². The summed E-state index contributed by atoms with van der Waals surface area (Å²) in [7, 11) is -4.36. The molecule has 242 valence electrons. The molecule has 46 heavy (non-hydrogen) atoms. The number of para-hydroxylation sites is 2. The summed E-state index contributed by atoms with van der Waals surface area (Å²) >= 11 is 0. The van der Waals surface area contributed by atoms with Gasteiger partial charge in [0.2, 0.25) is 0 Å². The molecule has 3 aromatic carbocycles. The molecule has 0 spiro atoms. The highest BCUT2D eigenvalue weighted by Gasteiger charge is 2.36. The number of hydrogen-bond acceptors (Lipinski definition) is 2. The molecule has 0 bridgehead atoms. The predicted octanol–water partition coefficient (Wildman–Crippen LogP) is 10.1. The van der Waals surface area contributed by atoms with Gasteiger partial charge in [0.25, 0.3) is 0 Å². The predicted molar refractivity (Wildman–Crippen MR) is 216 cm³/mol. The van der Waals surface area contributed by atoms with Crippen LogP contribution in [0.1, 0.15) is 52.7 Å². The third-order valence-electron chi connectivity index (χ3n) is 8.95. The zero-order chi connectivity index (χ0) is 33.7. The number of rotatable bonds is 8. The molecule has 5 aromatic rings. The minimum atomic E-state index is -1.62. The van der Waals surface area contributed by atoms with Crippen LogP contribution >= 0.6 is 15.8 Å². The van der Waals surface area contributed by atoms with Gasteiger partial charge in [0.15, 0.2) is 0 Å². The lowest BCUT2D eigenvalue weighted by molar-refractivity contribution is 0.702. The number of benzene rings is 3. The molecule has 5 rings (SSSR count). The minimum absolute atomic E-state index is 0.256. The Labute approximate surface area is 283 Å². The zero-order valence-corrected chi connectivity index (χ0v) is 34.1. The Morgan fingerprint density at radius 1 is 0.522 bits per heavy atom. The van der Waals surface area contributed by atoms with Crippen LogP contribution in [-0.4, -0.2) is 36.4 Å². The first-order valence-corrected chi connectivity index (χ1v) is 26.8. The van der Waals surface area contributed by atoms with Crippen molar-refractivity contribution in [1.82, 2.24) is 9.97 Å². The van der Waals surface area contributed by atoms with Crippen LogP contribution in [0.3, 0.4) is 0 Å². The van der Waals surface area contributed by atoms with Crippen LogP contribution in [0.4, 0.5) is 0 Å². The second kappa shape index (κ2) is 13.0. The Kier molecular flexibility index (Phi) is 9.92. The Morgan fingerprint density at radius 3 is 1.30 bits per heavy atom. The van der Waals surface area contributed by atoms with Crippen molar-refractivity contribution in [2.75, 3.05) is 0 Å². The average Bonchev–Trinajstić information content (AvgIpc) is 2.96. The number of aromatic nitrogens is 2. The van der Waals surface area contributed by atoms with Crippen molar-refractivity contribution in [3.8, 4) is 0 Å². The number of hydrogen-bond donors (Lipinski definition) is 0. The fraction of sp³-hybridized carbons (Fsp3) is 0.400. The molecule has 6 heteroatoms. The maximum atomic E-state index is 5.33. The van der Waals surface area contributed by atoms with Gasteiger partial charge in [-0.05, 0) is 51.9 Å². The number of nitrogens with zero attached hydrogens (tertiary/aromatic N) is 2. The van der Waals surface area contributed by atoms with E-state index in [9.17, 15) is 0 Å². The van der Waals surface area contributed by atoms with Gasteiger partial charge in [-0.1, -0.05) is 160 Å². The summed E-state index contributed by atoms with van der Waals surface area (Å²) in [5.41, 5.74) is 7.56. The molecule has 0 atom stereocenters. The Balaban J connectivity index is 1.76. The molecule has 2 heterocycles. The average molecular weight is 681 g/mol. The standard InChI is InChI=1S/C40H54N2P2Si2/c1-39(2,3)44(40(4,5)6)28-32-26-36(46(10,11)12)35(45(7,8)9)25-31(32)27-43(37-23-21-29-17-13-15-19-33(29)41-37)38-24-22-30-18-14-16-20-34(30)42-38/h13-26H,27-28H2,1-12H3. The lowest BCUT2D eigenvalue weighted by Gasteiger charge is -2.42. The first kappa shape index (κ1) is 35.1. The highest BCUT2D eigenvalue weighted by molar-refractivity contribution is 7.71. The molecular formula is C40H54N2P2Si2. The van der Waals surface area contributed by atoms with E-state index in [4.69, 9.17) is 9.97 Å². The van der Waals surface area contributed by atoms with Gasteiger partial charge in [-0.25, -0.2) is 9.97 Å². The third kappa shape index (κ3) is 7.90. The molecule has 0 N–H and O–H groups in total. The van der Waals surface area contributed by atoms with E-state index in [1.54, 1.807) is 15.9 Å².